The predicted molar refractivity (Wildman–Crippen MR) is 93.3 cm³/mol. The number of amides is 1. The van der Waals surface area contributed by atoms with Crippen molar-refractivity contribution in [2.75, 3.05) is 18.4 Å². The smallest absolute Gasteiger partial charge is 0.410 e. The Bertz CT molecular complexity index is 540. The summed E-state index contributed by atoms with van der Waals surface area (Å²) in [5.74, 6) is 0. The quantitative estimate of drug-likeness (QED) is 0.830. The summed E-state index contributed by atoms with van der Waals surface area (Å²) in [6, 6.07) is 6.49. The molecule has 0 bridgehead atoms. The van der Waals surface area contributed by atoms with E-state index in [1.165, 1.54) is 5.56 Å². The summed E-state index contributed by atoms with van der Waals surface area (Å²) in [6.07, 6.45) is 1.82. The molecule has 1 atom stereocenters. The van der Waals surface area contributed by atoms with E-state index < -0.39 is 5.60 Å². The van der Waals surface area contributed by atoms with Crippen molar-refractivity contribution in [3.63, 3.8) is 0 Å². The zero-order valence-electron chi connectivity index (χ0n) is 13.8. The lowest BCUT2D eigenvalue weighted by molar-refractivity contribution is 0.0206. The molecule has 122 valence electrons. The third-order valence-electron chi connectivity index (χ3n) is 3.55. The van der Waals surface area contributed by atoms with Gasteiger partial charge in [0.2, 0.25) is 0 Å². The highest BCUT2D eigenvalue weighted by Crippen LogP contribution is 2.26. The lowest BCUT2D eigenvalue weighted by Gasteiger charge is -2.35. The van der Waals surface area contributed by atoms with Gasteiger partial charge in [-0.2, -0.15) is 0 Å². The largest absolute Gasteiger partial charge is 0.444 e. The molecule has 1 aliphatic heterocycles. The Morgan fingerprint density at radius 3 is 2.82 bits per heavy atom. The minimum atomic E-state index is -0.447. The topological polar surface area (TPSA) is 41.6 Å². The minimum absolute atomic E-state index is 0.220. The summed E-state index contributed by atoms with van der Waals surface area (Å²) in [5, 5.41) is 3.54. The second-order valence-electron chi connectivity index (χ2n) is 6.89. The van der Waals surface area contributed by atoms with Crippen LogP contribution in [0, 0.1) is 6.92 Å². The first-order valence-electron chi connectivity index (χ1n) is 7.75. The van der Waals surface area contributed by atoms with Crippen molar-refractivity contribution in [2.24, 2.45) is 0 Å². The normalized spacial score (nSPS) is 19.0. The lowest BCUT2D eigenvalue weighted by Crippen LogP contribution is -2.47. The molecule has 0 saturated carbocycles. The summed E-state index contributed by atoms with van der Waals surface area (Å²) < 4.78 is 6.52. The highest BCUT2D eigenvalue weighted by atomic mass is 79.9. The van der Waals surface area contributed by atoms with Crippen LogP contribution in [-0.4, -0.2) is 35.7 Å². The minimum Gasteiger partial charge on any atom is -0.444 e. The number of hydrogen-bond acceptors (Lipinski definition) is 3. The highest BCUT2D eigenvalue weighted by molar-refractivity contribution is 9.10. The molecule has 22 heavy (non-hydrogen) atoms. The van der Waals surface area contributed by atoms with E-state index in [4.69, 9.17) is 4.74 Å². The van der Waals surface area contributed by atoms with Crippen LogP contribution in [0.4, 0.5) is 10.5 Å². The maximum Gasteiger partial charge on any atom is 0.410 e. The number of carbonyl (C=O) groups is 1. The number of nitrogens with zero attached hydrogens (tertiary/aromatic N) is 1. The molecule has 1 aliphatic rings. The van der Waals surface area contributed by atoms with Crippen LogP contribution in [-0.2, 0) is 4.74 Å². The maximum atomic E-state index is 12.2. The number of rotatable bonds is 2. The average molecular weight is 369 g/mol. The number of halogens is 1. The van der Waals surface area contributed by atoms with Crippen LogP contribution in [0.25, 0.3) is 0 Å². The first kappa shape index (κ1) is 17.1. The van der Waals surface area contributed by atoms with Gasteiger partial charge in [-0.05, 0) is 74.2 Å². The first-order valence-corrected chi connectivity index (χ1v) is 8.54. The SMILES string of the molecule is Cc1ccc(Br)c(NC2CCCN(C(=O)OC(C)(C)C)C2)c1. The van der Waals surface area contributed by atoms with Crippen LogP contribution in [0.3, 0.4) is 0 Å². The Morgan fingerprint density at radius 1 is 1.41 bits per heavy atom. The van der Waals surface area contributed by atoms with Gasteiger partial charge in [0, 0.05) is 29.3 Å². The Balaban J connectivity index is 1.98. The molecule has 1 unspecified atom stereocenters. The predicted octanol–water partition coefficient (Wildman–Crippen LogP) is 4.57. The van der Waals surface area contributed by atoms with E-state index in [0.717, 1.165) is 29.5 Å². The van der Waals surface area contributed by atoms with Crippen LogP contribution in [0.1, 0.15) is 39.2 Å². The Morgan fingerprint density at radius 2 is 2.14 bits per heavy atom. The van der Waals surface area contributed by atoms with E-state index >= 15 is 0 Å². The Hall–Kier alpha value is -1.23. The van der Waals surface area contributed by atoms with Crippen molar-refractivity contribution in [1.82, 2.24) is 4.90 Å². The number of aryl methyl sites for hydroxylation is 1. The van der Waals surface area contributed by atoms with Crippen LogP contribution in [0.5, 0.6) is 0 Å². The average Bonchev–Trinajstić information content (AvgIpc) is 2.41. The maximum absolute atomic E-state index is 12.2. The summed E-state index contributed by atoms with van der Waals surface area (Å²) in [6.45, 7) is 9.21. The second-order valence-corrected chi connectivity index (χ2v) is 7.75. The molecule has 0 spiro atoms. The van der Waals surface area contributed by atoms with E-state index in [2.05, 4.69) is 40.3 Å². The zero-order chi connectivity index (χ0) is 16.3. The van der Waals surface area contributed by atoms with Gasteiger partial charge in [-0.15, -0.1) is 0 Å². The fraction of sp³-hybridized carbons (Fsp3) is 0.588. The molecule has 1 amide bonds. The van der Waals surface area contributed by atoms with Crippen molar-refractivity contribution in [3.8, 4) is 0 Å². The molecule has 0 aliphatic carbocycles. The Labute approximate surface area is 141 Å². The summed E-state index contributed by atoms with van der Waals surface area (Å²) in [4.78, 5) is 14.0. The van der Waals surface area contributed by atoms with Crippen LogP contribution >= 0.6 is 15.9 Å². The van der Waals surface area contributed by atoms with E-state index in [1.54, 1.807) is 4.90 Å². The molecule has 1 N–H and O–H groups in total. The van der Waals surface area contributed by atoms with Gasteiger partial charge in [-0.3, -0.25) is 0 Å². The van der Waals surface area contributed by atoms with Gasteiger partial charge in [-0.1, -0.05) is 6.07 Å². The number of carbonyl (C=O) groups excluding carboxylic acids is 1. The van der Waals surface area contributed by atoms with E-state index in [-0.39, 0.29) is 12.1 Å². The zero-order valence-corrected chi connectivity index (χ0v) is 15.4. The van der Waals surface area contributed by atoms with Crippen molar-refractivity contribution >= 4 is 27.7 Å². The van der Waals surface area contributed by atoms with Crippen LogP contribution in [0.15, 0.2) is 22.7 Å². The Kier molecular flexibility index (Phi) is 5.37. The molecule has 1 aromatic rings. The molecule has 0 radical (unpaired) electrons. The van der Waals surface area contributed by atoms with Gasteiger partial charge in [0.05, 0.1) is 0 Å². The molecule has 0 aromatic heterocycles. The van der Waals surface area contributed by atoms with Gasteiger partial charge in [0.1, 0.15) is 5.60 Å². The number of likely N-dealkylation sites (tertiary alicyclic amines) is 1. The van der Waals surface area contributed by atoms with E-state index in [1.807, 2.05) is 26.8 Å². The number of piperidine rings is 1. The number of ether oxygens (including phenoxy) is 1. The van der Waals surface area contributed by atoms with Gasteiger partial charge in [-0.25, -0.2) is 4.79 Å². The third-order valence-corrected chi connectivity index (χ3v) is 4.25. The standard InChI is InChI=1S/C17H25BrN2O2/c1-12-7-8-14(18)15(10-12)19-13-6-5-9-20(11-13)16(21)22-17(2,3)4/h7-8,10,13,19H,5-6,9,11H2,1-4H3. The van der Waals surface area contributed by atoms with Crippen molar-refractivity contribution in [1.29, 1.82) is 0 Å². The third kappa shape index (κ3) is 4.90. The number of benzene rings is 1. The summed E-state index contributed by atoms with van der Waals surface area (Å²) in [5.41, 5.74) is 1.85. The van der Waals surface area contributed by atoms with Crippen LogP contribution in [0.2, 0.25) is 0 Å². The molecule has 2 rings (SSSR count). The molecular weight excluding hydrogens is 344 g/mol. The monoisotopic (exact) mass is 368 g/mol. The molecule has 1 aromatic carbocycles. The van der Waals surface area contributed by atoms with Gasteiger partial charge in [0.25, 0.3) is 0 Å². The molecule has 1 saturated heterocycles. The first-order chi connectivity index (χ1) is 10.2. The fourth-order valence-corrected chi connectivity index (χ4v) is 2.92. The van der Waals surface area contributed by atoms with Gasteiger partial charge >= 0.3 is 6.09 Å². The van der Waals surface area contributed by atoms with Crippen molar-refractivity contribution < 1.29 is 9.53 Å². The second kappa shape index (κ2) is 6.90. The highest BCUT2D eigenvalue weighted by Gasteiger charge is 2.27. The fourth-order valence-electron chi connectivity index (χ4n) is 2.56. The molecule has 1 heterocycles. The number of hydrogen-bond donors (Lipinski definition) is 1. The molecular formula is C17H25BrN2O2. The van der Waals surface area contributed by atoms with Crippen molar-refractivity contribution in [3.05, 3.63) is 28.2 Å². The number of anilines is 1. The summed E-state index contributed by atoms with van der Waals surface area (Å²) >= 11 is 3.57. The number of nitrogens with one attached hydrogen (secondary N) is 1. The summed E-state index contributed by atoms with van der Waals surface area (Å²) in [7, 11) is 0. The molecule has 4 nitrogen and oxygen atoms in total. The molecule has 5 heteroatoms. The van der Waals surface area contributed by atoms with E-state index in [9.17, 15) is 4.79 Å². The van der Waals surface area contributed by atoms with Crippen LogP contribution < -0.4 is 5.32 Å². The van der Waals surface area contributed by atoms with Gasteiger partial charge in [0.15, 0.2) is 0 Å². The van der Waals surface area contributed by atoms with Crippen molar-refractivity contribution in [2.45, 2.75) is 52.2 Å². The molecule has 1 fully saturated rings. The van der Waals surface area contributed by atoms with E-state index in [0.29, 0.717) is 6.54 Å². The lowest BCUT2D eigenvalue weighted by atomic mass is 10.1. The van der Waals surface area contributed by atoms with Gasteiger partial charge < -0.3 is 15.0 Å².